The summed E-state index contributed by atoms with van der Waals surface area (Å²) in [7, 11) is 1.71. The van der Waals surface area contributed by atoms with Crippen LogP contribution in [0.3, 0.4) is 0 Å². The van der Waals surface area contributed by atoms with E-state index < -0.39 is 5.60 Å². The Labute approximate surface area is 157 Å². The van der Waals surface area contributed by atoms with Gasteiger partial charge in [0.15, 0.2) is 0 Å². The molecule has 1 aromatic carbocycles. The highest BCUT2D eigenvalue weighted by atomic mass is 16.3. The minimum Gasteiger partial charge on any atom is -0.388 e. The number of nitrogens with zero attached hydrogens (tertiary/aromatic N) is 2. The average molecular weight is 360 g/mol. The summed E-state index contributed by atoms with van der Waals surface area (Å²) in [4.78, 5) is 16.9. The molecular weight excluding hydrogens is 326 g/mol. The van der Waals surface area contributed by atoms with Gasteiger partial charge in [-0.3, -0.25) is 9.69 Å². The van der Waals surface area contributed by atoms with Crippen LogP contribution in [0.15, 0.2) is 24.3 Å². The number of carbonyl (C=O) groups is 1. The third-order valence-corrected chi connectivity index (χ3v) is 6.16. The van der Waals surface area contributed by atoms with Gasteiger partial charge in [0.2, 0.25) is 5.91 Å². The van der Waals surface area contributed by atoms with Gasteiger partial charge in [0.25, 0.3) is 0 Å². The quantitative estimate of drug-likeness (QED) is 0.865. The van der Waals surface area contributed by atoms with Gasteiger partial charge in [-0.1, -0.05) is 17.7 Å². The number of carbonyl (C=O) groups excluding carboxylic acids is 1. The summed E-state index contributed by atoms with van der Waals surface area (Å²) < 4.78 is 0. The van der Waals surface area contributed by atoms with Gasteiger partial charge in [0, 0.05) is 38.9 Å². The van der Waals surface area contributed by atoms with Crippen LogP contribution in [0, 0.1) is 12.3 Å². The van der Waals surface area contributed by atoms with E-state index in [9.17, 15) is 9.90 Å². The highest BCUT2D eigenvalue weighted by Crippen LogP contribution is 2.33. The molecule has 2 saturated heterocycles. The van der Waals surface area contributed by atoms with Crippen LogP contribution in [0.4, 0.5) is 5.69 Å². The molecule has 0 bridgehead atoms. The minimum atomic E-state index is -0.651. The Morgan fingerprint density at radius 3 is 2.42 bits per heavy atom. The number of aryl methyl sites for hydroxylation is 1. The number of β-amino-alcohol motifs (C(OH)–C–C–N with tert-alkyl or cyclic N) is 1. The lowest BCUT2D eigenvalue weighted by atomic mass is 9.80. The predicted molar refractivity (Wildman–Crippen MR) is 105 cm³/mol. The van der Waals surface area contributed by atoms with Crippen molar-refractivity contribution in [1.82, 2.24) is 10.2 Å². The Bertz CT molecular complexity index is 623. The summed E-state index contributed by atoms with van der Waals surface area (Å²) in [5, 5.41) is 13.9. The first-order valence-electron chi connectivity index (χ1n) is 9.82. The zero-order chi connectivity index (χ0) is 18.8. The Morgan fingerprint density at radius 2 is 1.81 bits per heavy atom. The number of rotatable bonds is 4. The van der Waals surface area contributed by atoms with Crippen molar-refractivity contribution in [2.45, 2.75) is 45.1 Å². The minimum absolute atomic E-state index is 0.114. The molecule has 2 N–H and O–H groups in total. The molecule has 0 radical (unpaired) electrons. The molecule has 144 valence electrons. The smallest absolute Gasteiger partial charge is 0.226 e. The summed E-state index contributed by atoms with van der Waals surface area (Å²) >= 11 is 0. The van der Waals surface area contributed by atoms with Crippen molar-refractivity contribution in [1.29, 1.82) is 0 Å². The Hall–Kier alpha value is -1.59. The Morgan fingerprint density at radius 1 is 1.15 bits per heavy atom. The monoisotopic (exact) mass is 359 g/mol. The van der Waals surface area contributed by atoms with Crippen LogP contribution >= 0.6 is 0 Å². The number of likely N-dealkylation sites (tertiary alicyclic amines) is 1. The average Bonchev–Trinajstić information content (AvgIpc) is 2.62. The summed E-state index contributed by atoms with van der Waals surface area (Å²) in [5.74, 6) is 0.114. The fourth-order valence-corrected chi connectivity index (χ4v) is 4.48. The number of piperidine rings is 2. The van der Waals surface area contributed by atoms with Gasteiger partial charge >= 0.3 is 0 Å². The highest BCUT2D eigenvalue weighted by Gasteiger charge is 2.41. The molecule has 1 aromatic rings. The second kappa shape index (κ2) is 7.57. The molecule has 0 aliphatic carbocycles. The molecule has 0 aromatic heterocycles. The van der Waals surface area contributed by atoms with Crippen molar-refractivity contribution in [3.8, 4) is 0 Å². The van der Waals surface area contributed by atoms with E-state index in [-0.39, 0.29) is 11.3 Å². The number of hydrogen-bond acceptors (Lipinski definition) is 4. The SMILES string of the molecule is CNC(=O)[C@]1(C)CCCN(CC2(O)CCN(c3ccc(C)cc3)CC2)C1. The molecule has 2 heterocycles. The van der Waals surface area contributed by atoms with Gasteiger partial charge in [-0.15, -0.1) is 0 Å². The van der Waals surface area contributed by atoms with E-state index in [1.807, 2.05) is 6.92 Å². The lowest BCUT2D eigenvalue weighted by Crippen LogP contribution is -2.56. The zero-order valence-electron chi connectivity index (χ0n) is 16.4. The van der Waals surface area contributed by atoms with Crippen LogP contribution in [0.5, 0.6) is 0 Å². The molecule has 0 unspecified atom stereocenters. The van der Waals surface area contributed by atoms with Crippen LogP contribution in [0.1, 0.15) is 38.2 Å². The zero-order valence-corrected chi connectivity index (χ0v) is 16.4. The first-order valence-corrected chi connectivity index (χ1v) is 9.82. The van der Waals surface area contributed by atoms with E-state index in [0.717, 1.165) is 51.9 Å². The van der Waals surface area contributed by atoms with Crippen LogP contribution in [0.2, 0.25) is 0 Å². The maximum atomic E-state index is 12.2. The van der Waals surface area contributed by atoms with E-state index in [0.29, 0.717) is 6.54 Å². The topological polar surface area (TPSA) is 55.8 Å². The second-order valence-electron chi connectivity index (χ2n) is 8.50. The molecule has 5 nitrogen and oxygen atoms in total. The number of nitrogens with one attached hydrogen (secondary N) is 1. The van der Waals surface area contributed by atoms with E-state index >= 15 is 0 Å². The van der Waals surface area contributed by atoms with Crippen molar-refractivity contribution >= 4 is 11.6 Å². The molecule has 0 spiro atoms. The summed E-state index contributed by atoms with van der Waals surface area (Å²) in [6, 6.07) is 8.62. The Balaban J connectivity index is 1.57. The third-order valence-electron chi connectivity index (χ3n) is 6.16. The molecule has 26 heavy (non-hydrogen) atoms. The maximum Gasteiger partial charge on any atom is 0.226 e. The summed E-state index contributed by atoms with van der Waals surface area (Å²) in [5.41, 5.74) is 1.52. The van der Waals surface area contributed by atoms with Gasteiger partial charge < -0.3 is 15.3 Å². The van der Waals surface area contributed by atoms with E-state index in [1.165, 1.54) is 11.3 Å². The number of hydrogen-bond donors (Lipinski definition) is 2. The molecule has 2 aliphatic rings. The summed E-state index contributed by atoms with van der Waals surface area (Å²) in [6.45, 7) is 8.26. The van der Waals surface area contributed by atoms with Crippen molar-refractivity contribution in [3.05, 3.63) is 29.8 Å². The fourth-order valence-electron chi connectivity index (χ4n) is 4.48. The van der Waals surface area contributed by atoms with Crippen molar-refractivity contribution in [2.75, 3.05) is 44.7 Å². The highest BCUT2D eigenvalue weighted by molar-refractivity contribution is 5.82. The standard InChI is InChI=1S/C21H33N3O2/c1-17-5-7-18(8-6-17)24-13-10-21(26,11-14-24)16-23-12-4-9-20(2,15-23)19(25)22-3/h5-8,26H,4,9-16H2,1-3H3,(H,22,25)/t20-/m1/s1. The van der Waals surface area contributed by atoms with Crippen LogP contribution < -0.4 is 10.2 Å². The van der Waals surface area contributed by atoms with Gasteiger partial charge in [0.1, 0.15) is 0 Å². The first-order chi connectivity index (χ1) is 12.3. The molecule has 1 atom stereocenters. The van der Waals surface area contributed by atoms with E-state index in [4.69, 9.17) is 0 Å². The number of amides is 1. The number of anilines is 1. The largest absolute Gasteiger partial charge is 0.388 e. The van der Waals surface area contributed by atoms with Gasteiger partial charge in [-0.25, -0.2) is 0 Å². The lowest BCUT2D eigenvalue weighted by molar-refractivity contribution is -0.134. The second-order valence-corrected chi connectivity index (χ2v) is 8.50. The first kappa shape index (κ1) is 19.2. The van der Waals surface area contributed by atoms with Gasteiger partial charge in [-0.2, -0.15) is 0 Å². The van der Waals surface area contributed by atoms with Crippen molar-refractivity contribution < 1.29 is 9.90 Å². The molecule has 3 rings (SSSR count). The van der Waals surface area contributed by atoms with Crippen molar-refractivity contribution in [3.63, 3.8) is 0 Å². The van der Waals surface area contributed by atoms with Crippen LogP contribution in [-0.4, -0.2) is 61.3 Å². The van der Waals surface area contributed by atoms with E-state index in [2.05, 4.69) is 46.3 Å². The fraction of sp³-hybridized carbons (Fsp3) is 0.667. The molecule has 0 saturated carbocycles. The Kier molecular flexibility index (Phi) is 5.58. The van der Waals surface area contributed by atoms with Crippen molar-refractivity contribution in [2.24, 2.45) is 5.41 Å². The molecule has 5 heteroatoms. The molecule has 2 aliphatic heterocycles. The van der Waals surface area contributed by atoms with E-state index in [1.54, 1.807) is 7.05 Å². The van der Waals surface area contributed by atoms with Crippen LogP contribution in [0.25, 0.3) is 0 Å². The number of benzene rings is 1. The summed E-state index contributed by atoms with van der Waals surface area (Å²) in [6.07, 6.45) is 3.47. The number of aliphatic hydroxyl groups is 1. The third kappa shape index (κ3) is 4.21. The van der Waals surface area contributed by atoms with Gasteiger partial charge in [-0.05, 0) is 58.2 Å². The maximum absolute atomic E-state index is 12.2. The van der Waals surface area contributed by atoms with Gasteiger partial charge in [0.05, 0.1) is 11.0 Å². The van der Waals surface area contributed by atoms with Crippen LogP contribution in [-0.2, 0) is 4.79 Å². The molecule has 1 amide bonds. The predicted octanol–water partition coefficient (Wildman–Crippen LogP) is 2.17. The lowest BCUT2D eigenvalue weighted by Gasteiger charge is -2.45. The normalized spacial score (nSPS) is 26.5. The molecule has 2 fully saturated rings. The molecular formula is C21H33N3O2.